The highest BCUT2D eigenvalue weighted by Crippen LogP contribution is 2.09. The average Bonchev–Trinajstić information content (AvgIpc) is 2.44. The SMILES string of the molecule is CC(C)NC(=O)Nc1ccc(CNC(=O)C(C)CN)cc1. The van der Waals surface area contributed by atoms with Gasteiger partial charge in [-0.1, -0.05) is 19.1 Å². The lowest BCUT2D eigenvalue weighted by Gasteiger charge is -2.12. The highest BCUT2D eigenvalue weighted by Gasteiger charge is 2.09. The number of nitrogens with one attached hydrogen (secondary N) is 3. The van der Waals surface area contributed by atoms with Crippen LogP contribution in [0.15, 0.2) is 24.3 Å². The maximum Gasteiger partial charge on any atom is 0.319 e. The Balaban J connectivity index is 2.47. The van der Waals surface area contributed by atoms with Crippen LogP contribution in [0, 0.1) is 5.92 Å². The molecular formula is C15H24N4O2. The number of hydrogen-bond acceptors (Lipinski definition) is 3. The number of anilines is 1. The first-order chi connectivity index (χ1) is 9.92. The number of nitrogens with two attached hydrogens (primary N) is 1. The molecule has 0 saturated carbocycles. The topological polar surface area (TPSA) is 96.2 Å². The molecule has 6 nitrogen and oxygen atoms in total. The number of urea groups is 1. The smallest absolute Gasteiger partial charge is 0.319 e. The van der Waals surface area contributed by atoms with Crippen molar-refractivity contribution in [3.63, 3.8) is 0 Å². The summed E-state index contributed by atoms with van der Waals surface area (Å²) in [4.78, 5) is 23.1. The van der Waals surface area contributed by atoms with Crippen LogP contribution in [-0.2, 0) is 11.3 Å². The average molecular weight is 292 g/mol. The maximum absolute atomic E-state index is 11.6. The van der Waals surface area contributed by atoms with Crippen LogP contribution in [0.4, 0.5) is 10.5 Å². The third-order valence-corrected chi connectivity index (χ3v) is 2.90. The largest absolute Gasteiger partial charge is 0.352 e. The minimum Gasteiger partial charge on any atom is -0.352 e. The summed E-state index contributed by atoms with van der Waals surface area (Å²) in [7, 11) is 0. The molecule has 1 aromatic rings. The van der Waals surface area contributed by atoms with E-state index in [2.05, 4.69) is 16.0 Å². The van der Waals surface area contributed by atoms with Crippen LogP contribution in [0.1, 0.15) is 26.3 Å². The Morgan fingerprint density at radius 2 is 1.76 bits per heavy atom. The Morgan fingerprint density at radius 3 is 2.29 bits per heavy atom. The first-order valence-electron chi connectivity index (χ1n) is 7.06. The molecule has 0 radical (unpaired) electrons. The van der Waals surface area contributed by atoms with E-state index in [-0.39, 0.29) is 23.9 Å². The zero-order valence-electron chi connectivity index (χ0n) is 12.8. The second kappa shape index (κ2) is 8.26. The van der Waals surface area contributed by atoms with Gasteiger partial charge < -0.3 is 21.7 Å². The molecule has 5 N–H and O–H groups in total. The zero-order valence-corrected chi connectivity index (χ0v) is 12.8. The molecule has 0 aromatic heterocycles. The Morgan fingerprint density at radius 1 is 1.14 bits per heavy atom. The van der Waals surface area contributed by atoms with Crippen molar-refractivity contribution in [1.29, 1.82) is 0 Å². The van der Waals surface area contributed by atoms with Crippen molar-refractivity contribution in [3.05, 3.63) is 29.8 Å². The van der Waals surface area contributed by atoms with Gasteiger partial charge in [-0.3, -0.25) is 4.79 Å². The molecule has 0 saturated heterocycles. The third kappa shape index (κ3) is 6.27. The van der Waals surface area contributed by atoms with Gasteiger partial charge in [-0.2, -0.15) is 0 Å². The number of hydrogen-bond donors (Lipinski definition) is 4. The Kier molecular flexibility index (Phi) is 6.68. The van der Waals surface area contributed by atoms with Crippen molar-refractivity contribution in [2.24, 2.45) is 11.7 Å². The lowest BCUT2D eigenvalue weighted by Crippen LogP contribution is -2.34. The Labute approximate surface area is 125 Å². The second-order valence-electron chi connectivity index (χ2n) is 5.30. The van der Waals surface area contributed by atoms with Gasteiger partial charge in [0.1, 0.15) is 0 Å². The summed E-state index contributed by atoms with van der Waals surface area (Å²) in [5.41, 5.74) is 7.10. The van der Waals surface area contributed by atoms with Gasteiger partial charge in [0.15, 0.2) is 0 Å². The highest BCUT2D eigenvalue weighted by atomic mass is 16.2. The fourth-order valence-electron chi connectivity index (χ4n) is 1.61. The van der Waals surface area contributed by atoms with E-state index in [1.807, 2.05) is 26.0 Å². The van der Waals surface area contributed by atoms with Crippen LogP contribution >= 0.6 is 0 Å². The molecule has 0 heterocycles. The minimum absolute atomic E-state index is 0.0592. The highest BCUT2D eigenvalue weighted by molar-refractivity contribution is 5.89. The van der Waals surface area contributed by atoms with E-state index < -0.39 is 0 Å². The summed E-state index contributed by atoms with van der Waals surface area (Å²) in [6.45, 7) is 6.36. The lowest BCUT2D eigenvalue weighted by molar-refractivity contribution is -0.124. The predicted molar refractivity (Wildman–Crippen MR) is 83.8 cm³/mol. The van der Waals surface area contributed by atoms with Crippen LogP contribution < -0.4 is 21.7 Å². The van der Waals surface area contributed by atoms with Crippen LogP contribution in [0.5, 0.6) is 0 Å². The fourth-order valence-corrected chi connectivity index (χ4v) is 1.61. The van der Waals surface area contributed by atoms with Crippen LogP contribution in [0.2, 0.25) is 0 Å². The van der Waals surface area contributed by atoms with E-state index >= 15 is 0 Å². The number of benzene rings is 1. The first kappa shape index (κ1) is 17.0. The molecule has 1 atom stereocenters. The molecular weight excluding hydrogens is 268 g/mol. The van der Waals surface area contributed by atoms with Crippen molar-refractivity contribution in [2.45, 2.75) is 33.4 Å². The summed E-state index contributed by atoms with van der Waals surface area (Å²) in [6.07, 6.45) is 0. The number of carbonyl (C=O) groups excluding carboxylic acids is 2. The molecule has 0 spiro atoms. The van der Waals surface area contributed by atoms with Crippen LogP contribution in [0.25, 0.3) is 0 Å². The van der Waals surface area contributed by atoms with Gasteiger partial charge in [0.2, 0.25) is 5.91 Å². The standard InChI is InChI=1S/C15H24N4O2/c1-10(2)18-15(21)19-13-6-4-12(5-7-13)9-17-14(20)11(3)8-16/h4-7,10-11H,8-9,16H2,1-3H3,(H,17,20)(H2,18,19,21). The molecule has 116 valence electrons. The zero-order chi connectivity index (χ0) is 15.8. The monoisotopic (exact) mass is 292 g/mol. The van der Waals surface area contributed by atoms with Crippen molar-refractivity contribution in [1.82, 2.24) is 10.6 Å². The summed E-state index contributed by atoms with van der Waals surface area (Å²) < 4.78 is 0. The lowest BCUT2D eigenvalue weighted by atomic mass is 10.1. The van der Waals surface area contributed by atoms with Gasteiger partial charge in [-0.05, 0) is 31.5 Å². The van der Waals surface area contributed by atoms with E-state index in [1.54, 1.807) is 19.1 Å². The van der Waals surface area contributed by atoms with Gasteiger partial charge in [0, 0.05) is 30.7 Å². The molecule has 0 aliphatic heterocycles. The molecule has 3 amide bonds. The van der Waals surface area contributed by atoms with Gasteiger partial charge in [0.05, 0.1) is 0 Å². The third-order valence-electron chi connectivity index (χ3n) is 2.90. The summed E-state index contributed by atoms with van der Waals surface area (Å²) in [5.74, 6) is -0.248. The summed E-state index contributed by atoms with van der Waals surface area (Å²) in [5, 5.41) is 8.30. The van der Waals surface area contributed by atoms with E-state index in [0.717, 1.165) is 5.56 Å². The summed E-state index contributed by atoms with van der Waals surface area (Å²) >= 11 is 0. The van der Waals surface area contributed by atoms with E-state index in [1.165, 1.54) is 0 Å². The van der Waals surface area contributed by atoms with Crippen molar-refractivity contribution in [2.75, 3.05) is 11.9 Å². The fraction of sp³-hybridized carbons (Fsp3) is 0.467. The van der Waals surface area contributed by atoms with Gasteiger partial charge >= 0.3 is 6.03 Å². The molecule has 0 aliphatic carbocycles. The molecule has 1 aromatic carbocycles. The quantitative estimate of drug-likeness (QED) is 0.638. The Bertz CT molecular complexity index is 471. The predicted octanol–water partition coefficient (Wildman–Crippen LogP) is 1.43. The molecule has 1 rings (SSSR count). The first-order valence-corrected chi connectivity index (χ1v) is 7.06. The van der Waals surface area contributed by atoms with Crippen LogP contribution in [0.3, 0.4) is 0 Å². The normalized spacial score (nSPS) is 11.9. The summed E-state index contributed by atoms with van der Waals surface area (Å²) in [6, 6.07) is 7.17. The van der Waals surface area contributed by atoms with Crippen molar-refractivity contribution in [3.8, 4) is 0 Å². The molecule has 0 aliphatic rings. The molecule has 6 heteroatoms. The Hall–Kier alpha value is -2.08. The van der Waals surface area contributed by atoms with E-state index in [4.69, 9.17) is 5.73 Å². The van der Waals surface area contributed by atoms with E-state index in [0.29, 0.717) is 18.8 Å². The van der Waals surface area contributed by atoms with Gasteiger partial charge in [0.25, 0.3) is 0 Å². The molecule has 0 bridgehead atoms. The van der Waals surface area contributed by atoms with Gasteiger partial charge in [-0.15, -0.1) is 0 Å². The maximum atomic E-state index is 11.6. The number of amides is 3. The molecule has 1 unspecified atom stereocenters. The number of rotatable bonds is 6. The molecule has 21 heavy (non-hydrogen) atoms. The molecule has 0 fully saturated rings. The minimum atomic E-state index is -0.233. The van der Waals surface area contributed by atoms with E-state index in [9.17, 15) is 9.59 Å². The van der Waals surface area contributed by atoms with Crippen LogP contribution in [-0.4, -0.2) is 24.5 Å². The number of carbonyl (C=O) groups is 2. The van der Waals surface area contributed by atoms with Crippen molar-refractivity contribution >= 4 is 17.6 Å². The second-order valence-corrected chi connectivity index (χ2v) is 5.30. The van der Waals surface area contributed by atoms with Crippen molar-refractivity contribution < 1.29 is 9.59 Å². The van der Waals surface area contributed by atoms with Gasteiger partial charge in [-0.25, -0.2) is 4.79 Å².